The van der Waals surface area contributed by atoms with Crippen molar-refractivity contribution in [2.45, 2.75) is 33.3 Å². The molecule has 32 heavy (non-hydrogen) atoms. The van der Waals surface area contributed by atoms with Crippen LogP contribution in [0, 0.1) is 6.92 Å². The molecule has 3 heterocycles. The Morgan fingerprint density at radius 3 is 2.69 bits per heavy atom. The van der Waals surface area contributed by atoms with Gasteiger partial charge in [0.05, 0.1) is 17.1 Å². The number of hydrogen-bond acceptors (Lipinski definition) is 6. The lowest BCUT2D eigenvalue weighted by Gasteiger charge is -2.14. The highest BCUT2D eigenvalue weighted by atomic mass is 79.9. The highest BCUT2D eigenvalue weighted by Gasteiger charge is 2.16. The number of halogens is 1. The number of ether oxygens (including phenoxy) is 1. The van der Waals surface area contributed by atoms with Crippen molar-refractivity contribution >= 4 is 15.9 Å². The molecule has 0 fully saturated rings. The van der Waals surface area contributed by atoms with Crippen molar-refractivity contribution in [3.8, 4) is 22.8 Å². The summed E-state index contributed by atoms with van der Waals surface area (Å²) in [6.45, 7) is 6.10. The van der Waals surface area contributed by atoms with Gasteiger partial charge < -0.3 is 4.74 Å². The Morgan fingerprint density at radius 1 is 1.16 bits per heavy atom. The van der Waals surface area contributed by atoms with Gasteiger partial charge in [-0.25, -0.2) is 9.97 Å². The van der Waals surface area contributed by atoms with Gasteiger partial charge in [-0.15, -0.1) is 0 Å². The smallest absolute Gasteiger partial charge is 0.276 e. The molecule has 0 saturated carbocycles. The van der Waals surface area contributed by atoms with Gasteiger partial charge in [0.15, 0.2) is 0 Å². The molecule has 0 unspecified atom stereocenters. The Bertz CT molecular complexity index is 1330. The van der Waals surface area contributed by atoms with E-state index in [1.54, 1.807) is 22.4 Å². The number of nitrogens with zero attached hydrogens (tertiary/aromatic N) is 6. The summed E-state index contributed by atoms with van der Waals surface area (Å²) in [4.78, 5) is 26.7. The third kappa shape index (κ3) is 4.47. The first-order valence-corrected chi connectivity index (χ1v) is 11.0. The lowest BCUT2D eigenvalue weighted by atomic mass is 10.1. The van der Waals surface area contributed by atoms with Gasteiger partial charge in [-0.1, -0.05) is 26.0 Å². The summed E-state index contributed by atoms with van der Waals surface area (Å²) in [5.41, 5.74) is 2.89. The zero-order valence-corrected chi connectivity index (χ0v) is 19.9. The molecule has 0 aliphatic carbocycles. The van der Waals surface area contributed by atoms with Gasteiger partial charge >= 0.3 is 0 Å². The molecule has 9 heteroatoms. The fourth-order valence-electron chi connectivity index (χ4n) is 3.28. The van der Waals surface area contributed by atoms with Crippen LogP contribution in [-0.2, 0) is 13.7 Å². The predicted octanol–water partition coefficient (Wildman–Crippen LogP) is 4.20. The summed E-state index contributed by atoms with van der Waals surface area (Å²) in [5.74, 6) is 1.75. The second-order valence-electron chi connectivity index (χ2n) is 7.69. The monoisotopic (exact) mass is 494 g/mol. The molecule has 4 rings (SSSR count). The van der Waals surface area contributed by atoms with E-state index in [9.17, 15) is 4.79 Å². The van der Waals surface area contributed by atoms with E-state index < -0.39 is 0 Å². The summed E-state index contributed by atoms with van der Waals surface area (Å²) in [6.07, 6.45) is 3.59. The summed E-state index contributed by atoms with van der Waals surface area (Å²) in [5, 5.41) is 4.28. The first-order valence-electron chi connectivity index (χ1n) is 10.2. The van der Waals surface area contributed by atoms with Gasteiger partial charge in [0.2, 0.25) is 5.88 Å². The maximum atomic E-state index is 13.2. The minimum Gasteiger partial charge on any atom is -0.470 e. The Labute approximate surface area is 194 Å². The van der Waals surface area contributed by atoms with Crippen LogP contribution in [0.3, 0.4) is 0 Å². The standard InChI is InChI=1S/C23H23BrN6O2/c1-14(2)21-25-10-8-19(27-21)16-6-5-7-18(12-16)30-15(3)26-22(20(24)23(30)31)32-13-17-9-11-29(4)28-17/h5-12,14H,13H2,1-4H3. The van der Waals surface area contributed by atoms with Crippen molar-refractivity contribution in [2.24, 2.45) is 7.05 Å². The van der Waals surface area contributed by atoms with Crippen molar-refractivity contribution in [1.82, 2.24) is 29.3 Å². The van der Waals surface area contributed by atoms with Crippen LogP contribution in [0.5, 0.6) is 5.88 Å². The molecule has 8 nitrogen and oxygen atoms in total. The van der Waals surface area contributed by atoms with Gasteiger partial charge in [0.25, 0.3) is 5.56 Å². The van der Waals surface area contributed by atoms with Crippen LogP contribution in [0.2, 0.25) is 0 Å². The lowest BCUT2D eigenvalue weighted by molar-refractivity contribution is 0.283. The highest BCUT2D eigenvalue weighted by Crippen LogP contribution is 2.24. The van der Waals surface area contributed by atoms with Crippen LogP contribution >= 0.6 is 15.9 Å². The van der Waals surface area contributed by atoms with Crippen LogP contribution in [0.4, 0.5) is 0 Å². The molecule has 0 atom stereocenters. The normalized spacial score (nSPS) is 11.2. The molecule has 164 valence electrons. The van der Waals surface area contributed by atoms with Crippen molar-refractivity contribution < 1.29 is 4.74 Å². The first kappa shape index (κ1) is 21.9. The third-order valence-corrected chi connectivity index (χ3v) is 5.56. The van der Waals surface area contributed by atoms with E-state index in [1.807, 2.05) is 49.6 Å². The molecule has 4 aromatic rings. The Morgan fingerprint density at radius 2 is 1.97 bits per heavy atom. The SMILES string of the molecule is Cc1nc(OCc2ccn(C)n2)c(Br)c(=O)n1-c1cccc(-c2ccnc(C(C)C)n2)c1. The van der Waals surface area contributed by atoms with E-state index >= 15 is 0 Å². The van der Waals surface area contributed by atoms with Crippen LogP contribution in [0.15, 0.2) is 58.1 Å². The minimum atomic E-state index is -0.253. The number of benzene rings is 1. The van der Waals surface area contributed by atoms with E-state index in [0.717, 1.165) is 22.8 Å². The van der Waals surface area contributed by atoms with E-state index in [1.165, 1.54) is 0 Å². The quantitative estimate of drug-likeness (QED) is 0.399. The largest absolute Gasteiger partial charge is 0.470 e. The summed E-state index contributed by atoms with van der Waals surface area (Å²) < 4.78 is 9.25. The third-order valence-electron chi connectivity index (χ3n) is 4.88. The van der Waals surface area contributed by atoms with E-state index in [0.29, 0.717) is 11.5 Å². The van der Waals surface area contributed by atoms with E-state index in [2.05, 4.69) is 49.8 Å². The van der Waals surface area contributed by atoms with Crippen LogP contribution in [0.25, 0.3) is 16.9 Å². The average Bonchev–Trinajstić information content (AvgIpc) is 3.20. The minimum absolute atomic E-state index is 0.219. The van der Waals surface area contributed by atoms with Crippen molar-refractivity contribution in [3.05, 3.63) is 81.0 Å². The molecule has 0 radical (unpaired) electrons. The fraction of sp³-hybridized carbons (Fsp3) is 0.261. The summed E-state index contributed by atoms with van der Waals surface area (Å²) in [6, 6.07) is 11.4. The molecule has 0 spiro atoms. The Hall–Kier alpha value is -3.33. The highest BCUT2D eigenvalue weighted by molar-refractivity contribution is 9.10. The topological polar surface area (TPSA) is 87.7 Å². The Balaban J connectivity index is 1.68. The van der Waals surface area contributed by atoms with Crippen molar-refractivity contribution in [2.75, 3.05) is 0 Å². The van der Waals surface area contributed by atoms with E-state index in [4.69, 9.17) is 4.74 Å². The summed E-state index contributed by atoms with van der Waals surface area (Å²) in [7, 11) is 1.84. The first-order chi connectivity index (χ1) is 15.3. The number of aromatic nitrogens is 6. The van der Waals surface area contributed by atoms with Crippen LogP contribution < -0.4 is 10.3 Å². The molecule has 0 aliphatic rings. The molecular formula is C23H23BrN6O2. The molecule has 0 aliphatic heterocycles. The maximum Gasteiger partial charge on any atom is 0.276 e. The number of aryl methyl sites for hydroxylation is 2. The maximum absolute atomic E-state index is 13.2. The molecular weight excluding hydrogens is 472 g/mol. The lowest BCUT2D eigenvalue weighted by Crippen LogP contribution is -2.23. The molecule has 0 bridgehead atoms. The molecule has 3 aromatic heterocycles. The number of hydrogen-bond donors (Lipinski definition) is 0. The zero-order chi connectivity index (χ0) is 22.8. The predicted molar refractivity (Wildman–Crippen MR) is 125 cm³/mol. The van der Waals surface area contributed by atoms with Gasteiger partial charge in [0, 0.05) is 30.9 Å². The van der Waals surface area contributed by atoms with Crippen LogP contribution in [0.1, 0.15) is 37.1 Å². The Kier molecular flexibility index (Phi) is 6.18. The molecule has 0 saturated heterocycles. The fourth-order valence-corrected chi connectivity index (χ4v) is 3.66. The van der Waals surface area contributed by atoms with Gasteiger partial charge in [0.1, 0.15) is 22.7 Å². The second kappa shape index (κ2) is 9.04. The van der Waals surface area contributed by atoms with Crippen molar-refractivity contribution in [3.63, 3.8) is 0 Å². The average molecular weight is 495 g/mol. The van der Waals surface area contributed by atoms with E-state index in [-0.39, 0.29) is 28.4 Å². The van der Waals surface area contributed by atoms with Gasteiger partial charge in [-0.05, 0) is 47.1 Å². The molecule has 0 amide bonds. The van der Waals surface area contributed by atoms with Gasteiger partial charge in [-0.3, -0.25) is 14.0 Å². The number of rotatable bonds is 6. The zero-order valence-electron chi connectivity index (χ0n) is 18.3. The molecule has 1 aromatic carbocycles. The summed E-state index contributed by atoms with van der Waals surface area (Å²) >= 11 is 3.36. The van der Waals surface area contributed by atoms with Crippen molar-refractivity contribution in [1.29, 1.82) is 0 Å². The van der Waals surface area contributed by atoms with Gasteiger partial charge in [-0.2, -0.15) is 10.1 Å². The van der Waals surface area contributed by atoms with Crippen LogP contribution in [-0.4, -0.2) is 29.3 Å². The second-order valence-corrected chi connectivity index (χ2v) is 8.49. The molecule has 0 N–H and O–H groups in total.